The average molecular weight is 288 g/mol. The van der Waals surface area contributed by atoms with Gasteiger partial charge in [-0.1, -0.05) is 24.3 Å². The number of hydrogen-bond donors (Lipinski definition) is 1. The van der Waals surface area contributed by atoms with E-state index in [1.165, 1.54) is 25.3 Å². The van der Waals surface area contributed by atoms with Crippen molar-refractivity contribution >= 4 is 5.97 Å². The van der Waals surface area contributed by atoms with Crippen LogP contribution in [0.15, 0.2) is 42.5 Å². The van der Waals surface area contributed by atoms with E-state index >= 15 is 0 Å². The molecule has 0 aliphatic heterocycles. The smallest absolute Gasteiger partial charge is 0.311 e. The molecule has 3 nitrogen and oxygen atoms in total. The van der Waals surface area contributed by atoms with E-state index in [2.05, 4.69) is 0 Å². The molecule has 4 heteroatoms. The molecule has 1 N–H and O–H groups in total. The summed E-state index contributed by atoms with van der Waals surface area (Å²) in [5.74, 6) is -1.58. The molecule has 1 unspecified atom stereocenters. The molecular weight excluding hydrogens is 271 g/mol. The van der Waals surface area contributed by atoms with Crippen molar-refractivity contribution < 1.29 is 19.0 Å². The van der Waals surface area contributed by atoms with Crippen LogP contribution in [-0.4, -0.2) is 18.2 Å². The van der Waals surface area contributed by atoms with Gasteiger partial charge >= 0.3 is 5.97 Å². The molecule has 0 fully saturated rings. The molecule has 0 aliphatic carbocycles. The Bertz CT molecular complexity index is 652. The number of ether oxygens (including phenoxy) is 1. The molecule has 0 aliphatic rings. The third-order valence-corrected chi connectivity index (χ3v) is 3.53. The van der Waals surface area contributed by atoms with Crippen LogP contribution in [0.3, 0.4) is 0 Å². The number of carboxylic acid groups (broad SMARTS) is 1. The average Bonchev–Trinajstić information content (AvgIpc) is 2.45. The third-order valence-electron chi connectivity index (χ3n) is 3.53. The van der Waals surface area contributed by atoms with Crippen molar-refractivity contribution in [2.24, 2.45) is 0 Å². The lowest BCUT2D eigenvalue weighted by molar-refractivity contribution is -0.138. The Kier molecular flexibility index (Phi) is 4.58. The summed E-state index contributed by atoms with van der Waals surface area (Å²) in [6.07, 6.45) is 0.182. The van der Waals surface area contributed by atoms with Crippen LogP contribution in [0.2, 0.25) is 0 Å². The minimum absolute atomic E-state index is 0.182. The molecule has 0 radical (unpaired) electrons. The van der Waals surface area contributed by atoms with Crippen LogP contribution in [0.1, 0.15) is 22.6 Å². The molecule has 0 heterocycles. The van der Waals surface area contributed by atoms with Gasteiger partial charge in [0.25, 0.3) is 0 Å². The quantitative estimate of drug-likeness (QED) is 0.915. The van der Waals surface area contributed by atoms with Crippen molar-refractivity contribution in [3.63, 3.8) is 0 Å². The lowest BCUT2D eigenvalue weighted by Gasteiger charge is -2.17. The van der Waals surface area contributed by atoms with E-state index in [0.717, 1.165) is 11.1 Å². The van der Waals surface area contributed by atoms with Crippen LogP contribution in [0.25, 0.3) is 0 Å². The zero-order chi connectivity index (χ0) is 15.4. The maximum atomic E-state index is 13.4. The molecule has 21 heavy (non-hydrogen) atoms. The fraction of sp³-hybridized carbons (Fsp3) is 0.235. The Hall–Kier alpha value is -2.36. The summed E-state index contributed by atoms with van der Waals surface area (Å²) in [5, 5.41) is 9.51. The van der Waals surface area contributed by atoms with E-state index in [4.69, 9.17) is 4.74 Å². The van der Waals surface area contributed by atoms with Crippen molar-refractivity contribution in [3.8, 4) is 5.75 Å². The summed E-state index contributed by atoms with van der Waals surface area (Å²) >= 11 is 0. The van der Waals surface area contributed by atoms with Gasteiger partial charge in [-0.3, -0.25) is 4.79 Å². The van der Waals surface area contributed by atoms with E-state index < -0.39 is 17.7 Å². The largest absolute Gasteiger partial charge is 0.496 e. The van der Waals surface area contributed by atoms with Crippen molar-refractivity contribution in [2.75, 3.05) is 7.11 Å². The van der Waals surface area contributed by atoms with Crippen LogP contribution in [0, 0.1) is 12.7 Å². The second-order valence-electron chi connectivity index (χ2n) is 4.91. The molecule has 2 aromatic rings. The Morgan fingerprint density at radius 3 is 2.62 bits per heavy atom. The summed E-state index contributed by atoms with van der Waals surface area (Å²) < 4.78 is 18.6. The van der Waals surface area contributed by atoms with Gasteiger partial charge in [0.15, 0.2) is 0 Å². The maximum Gasteiger partial charge on any atom is 0.311 e. The fourth-order valence-corrected chi connectivity index (χ4v) is 2.43. The molecule has 2 rings (SSSR count). The third kappa shape index (κ3) is 3.40. The van der Waals surface area contributed by atoms with Crippen molar-refractivity contribution in [1.29, 1.82) is 0 Å². The van der Waals surface area contributed by atoms with Crippen LogP contribution in [-0.2, 0) is 11.2 Å². The topological polar surface area (TPSA) is 46.5 Å². The second-order valence-corrected chi connectivity index (χ2v) is 4.91. The highest BCUT2D eigenvalue weighted by Gasteiger charge is 2.23. The van der Waals surface area contributed by atoms with Crippen LogP contribution >= 0.6 is 0 Å². The lowest BCUT2D eigenvalue weighted by Crippen LogP contribution is -2.16. The summed E-state index contributed by atoms with van der Waals surface area (Å²) in [6, 6.07) is 11.5. The molecule has 0 aromatic heterocycles. The fourth-order valence-electron chi connectivity index (χ4n) is 2.43. The molecule has 0 bridgehead atoms. The van der Waals surface area contributed by atoms with E-state index in [9.17, 15) is 14.3 Å². The van der Waals surface area contributed by atoms with Gasteiger partial charge in [0.2, 0.25) is 0 Å². The Morgan fingerprint density at radius 1 is 1.29 bits per heavy atom. The molecule has 0 amide bonds. The minimum atomic E-state index is -0.935. The number of aliphatic carboxylic acids is 1. The van der Waals surface area contributed by atoms with Crippen LogP contribution in [0.4, 0.5) is 4.39 Å². The number of carboxylic acids is 1. The Morgan fingerprint density at radius 2 is 2.00 bits per heavy atom. The Balaban J connectivity index is 2.40. The summed E-state index contributed by atoms with van der Waals surface area (Å²) in [6.45, 7) is 1.87. The first-order valence-corrected chi connectivity index (χ1v) is 6.63. The zero-order valence-corrected chi connectivity index (χ0v) is 12.0. The predicted octanol–water partition coefficient (Wildman–Crippen LogP) is 3.55. The van der Waals surface area contributed by atoms with Crippen LogP contribution < -0.4 is 4.74 Å². The molecule has 2 aromatic carbocycles. The van der Waals surface area contributed by atoms with Gasteiger partial charge in [0.05, 0.1) is 13.0 Å². The molecule has 0 saturated heterocycles. The first kappa shape index (κ1) is 15.0. The highest BCUT2D eigenvalue weighted by Crippen LogP contribution is 2.29. The second kappa shape index (κ2) is 6.39. The first-order valence-electron chi connectivity index (χ1n) is 6.63. The van der Waals surface area contributed by atoms with E-state index in [1.807, 2.05) is 19.1 Å². The normalized spacial score (nSPS) is 12.0. The van der Waals surface area contributed by atoms with Gasteiger partial charge in [-0.2, -0.15) is 0 Å². The number of carbonyl (C=O) groups is 1. The predicted molar refractivity (Wildman–Crippen MR) is 78.2 cm³/mol. The SMILES string of the molecule is COc1ccc(F)cc1CC(C(=O)O)c1ccccc1C. The Labute approximate surface area is 123 Å². The molecule has 110 valence electrons. The molecule has 0 spiro atoms. The number of halogens is 1. The highest BCUT2D eigenvalue weighted by molar-refractivity contribution is 5.77. The van der Waals surface area contributed by atoms with E-state index in [1.54, 1.807) is 12.1 Å². The van der Waals surface area contributed by atoms with E-state index in [-0.39, 0.29) is 6.42 Å². The summed E-state index contributed by atoms with van der Waals surface area (Å²) in [5.41, 5.74) is 2.18. The van der Waals surface area contributed by atoms with Crippen molar-refractivity contribution in [3.05, 3.63) is 65.0 Å². The van der Waals surface area contributed by atoms with Crippen molar-refractivity contribution in [1.82, 2.24) is 0 Å². The highest BCUT2D eigenvalue weighted by atomic mass is 19.1. The van der Waals surface area contributed by atoms with Gasteiger partial charge in [-0.05, 0) is 48.2 Å². The molecular formula is C17H17FO3. The number of rotatable bonds is 5. The summed E-state index contributed by atoms with van der Waals surface area (Å²) in [7, 11) is 1.49. The van der Waals surface area contributed by atoms with Gasteiger partial charge in [0.1, 0.15) is 11.6 Å². The number of methoxy groups -OCH3 is 1. The summed E-state index contributed by atoms with van der Waals surface area (Å²) in [4.78, 5) is 11.6. The van der Waals surface area contributed by atoms with Gasteiger partial charge in [0, 0.05) is 0 Å². The standard InChI is InChI=1S/C17H17FO3/c1-11-5-3-4-6-14(11)15(17(19)20)10-12-9-13(18)7-8-16(12)21-2/h3-9,15H,10H2,1-2H3,(H,19,20). The first-order chi connectivity index (χ1) is 10.0. The van der Waals surface area contributed by atoms with E-state index in [0.29, 0.717) is 11.3 Å². The number of aryl methyl sites for hydroxylation is 1. The van der Waals surface area contributed by atoms with Crippen molar-refractivity contribution in [2.45, 2.75) is 19.3 Å². The monoisotopic (exact) mass is 288 g/mol. The molecule has 1 atom stereocenters. The molecule has 0 saturated carbocycles. The van der Waals surface area contributed by atoms with Gasteiger partial charge < -0.3 is 9.84 Å². The lowest BCUT2D eigenvalue weighted by atomic mass is 9.89. The number of hydrogen-bond acceptors (Lipinski definition) is 2. The number of benzene rings is 2. The zero-order valence-electron chi connectivity index (χ0n) is 12.0. The van der Waals surface area contributed by atoms with Crippen LogP contribution in [0.5, 0.6) is 5.75 Å². The maximum absolute atomic E-state index is 13.4. The van der Waals surface area contributed by atoms with Gasteiger partial charge in [-0.25, -0.2) is 4.39 Å². The van der Waals surface area contributed by atoms with Gasteiger partial charge in [-0.15, -0.1) is 0 Å². The minimum Gasteiger partial charge on any atom is -0.496 e.